The van der Waals surface area contributed by atoms with Crippen LogP contribution in [0.4, 0.5) is 0 Å². The molecular formula is C10H20ClN3S. The Morgan fingerprint density at radius 2 is 2.13 bits per heavy atom. The first-order valence-corrected chi connectivity index (χ1v) is 5.57. The van der Waals surface area contributed by atoms with Gasteiger partial charge in [0.05, 0.1) is 5.01 Å². The number of aromatic nitrogens is 1. The molecule has 5 heteroatoms. The summed E-state index contributed by atoms with van der Waals surface area (Å²) >= 11 is 1.75. The van der Waals surface area contributed by atoms with E-state index in [2.05, 4.69) is 16.9 Å². The van der Waals surface area contributed by atoms with Crippen LogP contribution in [0, 0.1) is 6.92 Å². The molecule has 1 heterocycles. The van der Waals surface area contributed by atoms with Crippen molar-refractivity contribution in [2.75, 3.05) is 13.6 Å². The van der Waals surface area contributed by atoms with E-state index < -0.39 is 0 Å². The summed E-state index contributed by atoms with van der Waals surface area (Å²) in [5, 5.41) is 1.13. The molecule has 0 amide bonds. The number of hydrogen-bond acceptors (Lipinski definition) is 4. The second kappa shape index (κ2) is 5.80. The Hall–Kier alpha value is -0.160. The van der Waals surface area contributed by atoms with Gasteiger partial charge in [-0.1, -0.05) is 0 Å². The van der Waals surface area contributed by atoms with Crippen molar-refractivity contribution in [3.05, 3.63) is 16.1 Å². The van der Waals surface area contributed by atoms with Gasteiger partial charge in [0.25, 0.3) is 0 Å². The summed E-state index contributed by atoms with van der Waals surface area (Å²) in [4.78, 5) is 7.76. The fourth-order valence-corrected chi connectivity index (χ4v) is 2.37. The molecule has 1 aromatic rings. The lowest BCUT2D eigenvalue weighted by atomic mass is 10.1. The molecule has 0 spiro atoms. The van der Waals surface area contributed by atoms with E-state index in [1.54, 1.807) is 11.3 Å². The third-order valence-electron chi connectivity index (χ3n) is 1.77. The van der Waals surface area contributed by atoms with E-state index in [1.165, 1.54) is 4.88 Å². The van der Waals surface area contributed by atoms with Crippen molar-refractivity contribution in [1.82, 2.24) is 9.88 Å². The number of hydrogen-bond donors (Lipinski definition) is 1. The highest BCUT2D eigenvalue weighted by atomic mass is 35.5. The number of nitrogens with two attached hydrogens (primary N) is 1. The van der Waals surface area contributed by atoms with Crippen molar-refractivity contribution in [2.24, 2.45) is 5.73 Å². The maximum atomic E-state index is 5.94. The molecule has 88 valence electrons. The van der Waals surface area contributed by atoms with Crippen molar-refractivity contribution in [3.63, 3.8) is 0 Å². The summed E-state index contributed by atoms with van der Waals surface area (Å²) in [5.41, 5.74) is 5.81. The topological polar surface area (TPSA) is 42.2 Å². The van der Waals surface area contributed by atoms with Crippen LogP contribution in [0.25, 0.3) is 0 Å². The predicted octanol–water partition coefficient (Wildman–Crippen LogP) is 2.04. The number of nitrogens with zero attached hydrogens (tertiary/aromatic N) is 2. The van der Waals surface area contributed by atoms with Gasteiger partial charge in [-0.05, 0) is 27.8 Å². The van der Waals surface area contributed by atoms with Gasteiger partial charge in [-0.3, -0.25) is 4.90 Å². The lowest BCUT2D eigenvalue weighted by Gasteiger charge is -2.25. The summed E-state index contributed by atoms with van der Waals surface area (Å²) in [6, 6.07) is 0. The first kappa shape index (κ1) is 14.8. The zero-order chi connectivity index (χ0) is 10.8. The molecular weight excluding hydrogens is 230 g/mol. The number of likely N-dealkylation sites (N-methyl/N-ethyl adjacent to an activating group) is 1. The van der Waals surface area contributed by atoms with Gasteiger partial charge in [0.2, 0.25) is 0 Å². The van der Waals surface area contributed by atoms with Crippen molar-refractivity contribution in [1.29, 1.82) is 0 Å². The molecule has 0 saturated heterocycles. The molecule has 0 fully saturated rings. The molecule has 0 radical (unpaired) electrons. The van der Waals surface area contributed by atoms with Crippen LogP contribution in [0.5, 0.6) is 0 Å². The van der Waals surface area contributed by atoms with E-state index in [9.17, 15) is 0 Å². The van der Waals surface area contributed by atoms with E-state index in [0.717, 1.165) is 18.1 Å². The zero-order valence-electron chi connectivity index (χ0n) is 9.78. The minimum absolute atomic E-state index is 0. The number of thiazole rings is 1. The van der Waals surface area contributed by atoms with E-state index in [1.807, 2.05) is 27.0 Å². The summed E-state index contributed by atoms with van der Waals surface area (Å²) in [7, 11) is 2.09. The zero-order valence-corrected chi connectivity index (χ0v) is 11.4. The second-order valence-corrected chi connectivity index (χ2v) is 5.83. The van der Waals surface area contributed by atoms with E-state index in [0.29, 0.717) is 0 Å². The molecule has 0 unspecified atom stereocenters. The van der Waals surface area contributed by atoms with Crippen molar-refractivity contribution >= 4 is 23.7 Å². The lowest BCUT2D eigenvalue weighted by molar-refractivity contribution is 0.265. The van der Waals surface area contributed by atoms with Crippen LogP contribution in [0.1, 0.15) is 23.7 Å². The van der Waals surface area contributed by atoms with Crippen LogP contribution in [0.3, 0.4) is 0 Å². The van der Waals surface area contributed by atoms with Crippen LogP contribution < -0.4 is 5.73 Å². The van der Waals surface area contributed by atoms with Crippen molar-refractivity contribution in [2.45, 2.75) is 32.9 Å². The fourth-order valence-electron chi connectivity index (χ4n) is 1.50. The minimum atomic E-state index is -0.130. The Morgan fingerprint density at radius 1 is 1.53 bits per heavy atom. The average molecular weight is 250 g/mol. The molecule has 0 bridgehead atoms. The lowest BCUT2D eigenvalue weighted by Crippen LogP contribution is -2.43. The third kappa shape index (κ3) is 6.10. The summed E-state index contributed by atoms with van der Waals surface area (Å²) in [6.07, 6.45) is 1.94. The fraction of sp³-hybridized carbons (Fsp3) is 0.700. The highest BCUT2D eigenvalue weighted by Crippen LogP contribution is 2.14. The second-order valence-electron chi connectivity index (χ2n) is 4.51. The summed E-state index contributed by atoms with van der Waals surface area (Å²) < 4.78 is 0. The quantitative estimate of drug-likeness (QED) is 0.888. The van der Waals surface area contributed by atoms with Gasteiger partial charge in [-0.25, -0.2) is 4.98 Å². The van der Waals surface area contributed by atoms with Gasteiger partial charge in [-0.15, -0.1) is 23.7 Å². The number of aryl methyl sites for hydroxylation is 1. The highest BCUT2D eigenvalue weighted by Gasteiger charge is 2.14. The molecule has 0 saturated carbocycles. The first-order valence-electron chi connectivity index (χ1n) is 4.75. The van der Waals surface area contributed by atoms with Gasteiger partial charge in [0.1, 0.15) is 0 Å². The molecule has 2 N–H and O–H groups in total. The van der Waals surface area contributed by atoms with Gasteiger partial charge < -0.3 is 5.73 Å². The Morgan fingerprint density at radius 3 is 2.53 bits per heavy atom. The van der Waals surface area contributed by atoms with Gasteiger partial charge in [0.15, 0.2) is 0 Å². The summed E-state index contributed by atoms with van der Waals surface area (Å²) in [6.45, 7) is 7.94. The smallest absolute Gasteiger partial charge is 0.0897 e. The van der Waals surface area contributed by atoms with Crippen LogP contribution in [-0.2, 0) is 6.54 Å². The Labute approximate surface area is 102 Å². The van der Waals surface area contributed by atoms with E-state index in [-0.39, 0.29) is 17.9 Å². The third-order valence-corrected chi connectivity index (χ3v) is 2.67. The first-order chi connectivity index (χ1) is 6.37. The normalized spacial score (nSPS) is 11.6. The average Bonchev–Trinajstić information content (AvgIpc) is 2.30. The van der Waals surface area contributed by atoms with Crippen LogP contribution >= 0.6 is 23.7 Å². The number of rotatable bonds is 4. The molecule has 1 aromatic heterocycles. The largest absolute Gasteiger partial charge is 0.324 e. The SMILES string of the molecule is Cc1ncc(CN(C)CC(C)(C)N)s1.Cl. The van der Waals surface area contributed by atoms with E-state index in [4.69, 9.17) is 5.73 Å². The van der Waals surface area contributed by atoms with Crippen molar-refractivity contribution in [3.8, 4) is 0 Å². The molecule has 3 nitrogen and oxygen atoms in total. The molecule has 1 rings (SSSR count). The van der Waals surface area contributed by atoms with E-state index >= 15 is 0 Å². The molecule has 0 atom stereocenters. The standard InChI is InChI=1S/C10H19N3S.ClH/c1-8-12-5-9(14-8)6-13(4)7-10(2,3)11;/h5H,6-7,11H2,1-4H3;1H. The van der Waals surface area contributed by atoms with Gasteiger partial charge >= 0.3 is 0 Å². The molecule has 0 aliphatic heterocycles. The van der Waals surface area contributed by atoms with Crippen LogP contribution in [-0.4, -0.2) is 29.0 Å². The Kier molecular flexibility index (Phi) is 5.73. The number of halogens is 1. The molecule has 0 aliphatic carbocycles. The monoisotopic (exact) mass is 249 g/mol. The van der Waals surface area contributed by atoms with Crippen LogP contribution in [0.2, 0.25) is 0 Å². The van der Waals surface area contributed by atoms with Crippen molar-refractivity contribution < 1.29 is 0 Å². The Bertz CT molecular complexity index is 293. The Balaban J connectivity index is 0.00000196. The van der Waals surface area contributed by atoms with Crippen LogP contribution in [0.15, 0.2) is 6.20 Å². The molecule has 0 aromatic carbocycles. The minimum Gasteiger partial charge on any atom is -0.324 e. The molecule has 15 heavy (non-hydrogen) atoms. The molecule has 0 aliphatic rings. The maximum Gasteiger partial charge on any atom is 0.0897 e. The summed E-state index contributed by atoms with van der Waals surface area (Å²) in [5.74, 6) is 0. The maximum absolute atomic E-state index is 5.94. The highest BCUT2D eigenvalue weighted by molar-refractivity contribution is 7.11. The predicted molar refractivity (Wildman–Crippen MR) is 68.7 cm³/mol. The van der Waals surface area contributed by atoms with Gasteiger partial charge in [-0.2, -0.15) is 0 Å². The van der Waals surface area contributed by atoms with Gasteiger partial charge in [0, 0.05) is 29.7 Å².